The molecule has 1 fully saturated rings. The molecule has 1 saturated carbocycles. The summed E-state index contributed by atoms with van der Waals surface area (Å²) in [7, 11) is 0. The van der Waals surface area contributed by atoms with Crippen molar-refractivity contribution in [3.63, 3.8) is 0 Å². The fraction of sp³-hybridized carbons (Fsp3) is 0.333. The van der Waals surface area contributed by atoms with Crippen LogP contribution in [0, 0.1) is 19.7 Å². The molecule has 0 amide bonds. The maximum atomic E-state index is 13.6. The third-order valence-corrected chi connectivity index (χ3v) is 4.41. The van der Waals surface area contributed by atoms with E-state index in [1.54, 1.807) is 0 Å². The molecule has 0 radical (unpaired) electrons. The predicted molar refractivity (Wildman–Crippen MR) is 88.2 cm³/mol. The Morgan fingerprint density at radius 2 is 1.96 bits per heavy atom. The fourth-order valence-electron chi connectivity index (χ4n) is 2.89. The molecule has 1 aromatic carbocycles. The van der Waals surface area contributed by atoms with Crippen LogP contribution in [0.5, 0.6) is 0 Å². The van der Waals surface area contributed by atoms with Gasteiger partial charge in [-0.25, -0.2) is 9.18 Å². The van der Waals surface area contributed by atoms with E-state index in [4.69, 9.17) is 16.3 Å². The Morgan fingerprint density at radius 3 is 2.62 bits per heavy atom. The molecule has 126 valence electrons. The Labute approximate surface area is 144 Å². The highest BCUT2D eigenvalue weighted by Crippen LogP contribution is 2.38. The number of esters is 1. The number of carbonyl (C=O) groups is 2. The average molecular weight is 350 g/mol. The summed E-state index contributed by atoms with van der Waals surface area (Å²) in [4.78, 5) is 24.3. The minimum absolute atomic E-state index is 0.225. The Kier molecular flexibility index (Phi) is 4.45. The maximum Gasteiger partial charge on any atom is 0.341 e. The van der Waals surface area contributed by atoms with Gasteiger partial charge in [0.15, 0.2) is 6.61 Å². The summed E-state index contributed by atoms with van der Waals surface area (Å²) in [5, 5.41) is 0.225. The van der Waals surface area contributed by atoms with Crippen LogP contribution in [-0.4, -0.2) is 22.9 Å². The lowest BCUT2D eigenvalue weighted by molar-refractivity contribution is 0.0470. The molecule has 24 heavy (non-hydrogen) atoms. The first-order chi connectivity index (χ1) is 11.4. The summed E-state index contributed by atoms with van der Waals surface area (Å²) < 4.78 is 20.7. The number of aromatic nitrogens is 1. The van der Waals surface area contributed by atoms with Crippen molar-refractivity contribution >= 4 is 23.4 Å². The second-order valence-corrected chi connectivity index (χ2v) is 6.45. The molecule has 1 aromatic heterocycles. The number of Topliss-reactive ketones (excluding diaryl/α,β-unsaturated/α-hetero) is 1. The second-order valence-electron chi connectivity index (χ2n) is 6.01. The normalized spacial score (nSPS) is 13.8. The highest BCUT2D eigenvalue weighted by molar-refractivity contribution is 6.30. The summed E-state index contributed by atoms with van der Waals surface area (Å²) >= 11 is 5.75. The van der Waals surface area contributed by atoms with Crippen LogP contribution in [0.2, 0.25) is 5.02 Å². The molecule has 3 rings (SSSR count). The zero-order chi connectivity index (χ0) is 17.4. The molecule has 1 heterocycles. The number of hydrogen-bond acceptors (Lipinski definition) is 3. The Hall–Kier alpha value is -2.14. The summed E-state index contributed by atoms with van der Waals surface area (Å²) in [5.74, 6) is -1.94. The van der Waals surface area contributed by atoms with E-state index < -0.39 is 18.4 Å². The third-order valence-electron chi connectivity index (χ3n) is 4.18. The van der Waals surface area contributed by atoms with Gasteiger partial charge in [-0.1, -0.05) is 11.6 Å². The van der Waals surface area contributed by atoms with Crippen molar-refractivity contribution in [2.45, 2.75) is 32.7 Å². The summed E-state index contributed by atoms with van der Waals surface area (Å²) in [6.07, 6.45) is 2.24. The highest BCUT2D eigenvalue weighted by Gasteiger charge is 2.28. The van der Waals surface area contributed by atoms with Gasteiger partial charge in [-0.15, -0.1) is 0 Å². The van der Waals surface area contributed by atoms with E-state index >= 15 is 0 Å². The number of nitrogens with zero attached hydrogens (tertiary/aromatic N) is 1. The van der Waals surface area contributed by atoms with Crippen LogP contribution < -0.4 is 0 Å². The number of ether oxygens (including phenoxy) is 1. The standard InChI is InChI=1S/C18H17ClFNO3/c1-10-7-14(11(2)21(10)13-4-5-13)17(22)9-24-18(23)15-8-12(19)3-6-16(15)20/h3,6-8,13H,4-5,9H2,1-2H3. The van der Waals surface area contributed by atoms with E-state index in [0.717, 1.165) is 30.3 Å². The Bertz CT molecular complexity index is 824. The Balaban J connectivity index is 1.71. The zero-order valence-corrected chi connectivity index (χ0v) is 14.2. The van der Waals surface area contributed by atoms with E-state index in [0.29, 0.717) is 11.6 Å². The van der Waals surface area contributed by atoms with Crippen molar-refractivity contribution < 1.29 is 18.7 Å². The van der Waals surface area contributed by atoms with E-state index in [2.05, 4.69) is 4.57 Å². The smallest absolute Gasteiger partial charge is 0.341 e. The maximum absolute atomic E-state index is 13.6. The minimum Gasteiger partial charge on any atom is -0.454 e. The predicted octanol–water partition coefficient (Wildman–Crippen LogP) is 4.27. The highest BCUT2D eigenvalue weighted by atomic mass is 35.5. The minimum atomic E-state index is -0.903. The number of aryl methyl sites for hydroxylation is 1. The molecule has 0 bridgehead atoms. The molecule has 2 aromatic rings. The van der Waals surface area contributed by atoms with Crippen LogP contribution >= 0.6 is 11.6 Å². The zero-order valence-electron chi connectivity index (χ0n) is 13.4. The van der Waals surface area contributed by atoms with Crippen molar-refractivity contribution in [1.82, 2.24) is 4.57 Å². The first-order valence-electron chi connectivity index (χ1n) is 7.72. The molecule has 4 nitrogen and oxygen atoms in total. The lowest BCUT2D eigenvalue weighted by Gasteiger charge is -2.08. The van der Waals surface area contributed by atoms with Crippen molar-refractivity contribution in [2.75, 3.05) is 6.61 Å². The number of ketones is 1. The van der Waals surface area contributed by atoms with Crippen molar-refractivity contribution in [2.24, 2.45) is 0 Å². The van der Waals surface area contributed by atoms with Gasteiger partial charge in [0, 0.05) is 28.0 Å². The van der Waals surface area contributed by atoms with Gasteiger partial charge in [-0.2, -0.15) is 0 Å². The summed E-state index contributed by atoms with van der Waals surface area (Å²) in [6.45, 7) is 3.41. The molecular formula is C18H17ClFNO3. The van der Waals surface area contributed by atoms with Crippen LogP contribution in [0.25, 0.3) is 0 Å². The van der Waals surface area contributed by atoms with Crippen LogP contribution in [0.3, 0.4) is 0 Å². The van der Waals surface area contributed by atoms with Gasteiger partial charge in [0.1, 0.15) is 5.82 Å². The molecule has 0 atom stereocenters. The second kappa shape index (κ2) is 6.40. The van der Waals surface area contributed by atoms with Crippen molar-refractivity contribution in [3.8, 4) is 0 Å². The SMILES string of the molecule is Cc1cc(C(=O)COC(=O)c2cc(Cl)ccc2F)c(C)n1C1CC1. The molecular weight excluding hydrogens is 333 g/mol. The molecule has 0 spiro atoms. The van der Waals surface area contributed by atoms with Gasteiger partial charge >= 0.3 is 5.97 Å². The molecule has 0 N–H and O–H groups in total. The summed E-state index contributed by atoms with van der Waals surface area (Å²) in [6, 6.07) is 5.89. The lowest BCUT2D eigenvalue weighted by atomic mass is 10.1. The average Bonchev–Trinajstić information content (AvgIpc) is 3.32. The number of carbonyl (C=O) groups excluding carboxylic acids is 2. The van der Waals surface area contributed by atoms with Crippen molar-refractivity contribution in [1.29, 1.82) is 0 Å². The summed E-state index contributed by atoms with van der Waals surface area (Å²) in [5.41, 5.74) is 2.16. The monoisotopic (exact) mass is 349 g/mol. The first kappa shape index (κ1) is 16.7. The molecule has 6 heteroatoms. The molecule has 1 aliphatic rings. The van der Waals surface area contributed by atoms with Crippen LogP contribution in [0.15, 0.2) is 24.3 Å². The Morgan fingerprint density at radius 1 is 1.25 bits per heavy atom. The van der Waals surface area contributed by atoms with Gasteiger partial charge in [-0.05, 0) is 51.0 Å². The van der Waals surface area contributed by atoms with Crippen LogP contribution in [0.1, 0.15) is 51.0 Å². The first-order valence-corrected chi connectivity index (χ1v) is 8.10. The quantitative estimate of drug-likeness (QED) is 0.598. The molecule has 0 saturated heterocycles. The topological polar surface area (TPSA) is 48.3 Å². The number of halogens is 2. The molecule has 1 aliphatic carbocycles. The largest absolute Gasteiger partial charge is 0.454 e. The van der Waals surface area contributed by atoms with Crippen LogP contribution in [0.4, 0.5) is 4.39 Å². The van der Waals surface area contributed by atoms with E-state index in [1.807, 2.05) is 19.9 Å². The number of hydrogen-bond donors (Lipinski definition) is 0. The van der Waals surface area contributed by atoms with E-state index in [1.165, 1.54) is 12.1 Å². The van der Waals surface area contributed by atoms with E-state index in [-0.39, 0.29) is 16.4 Å². The van der Waals surface area contributed by atoms with Gasteiger partial charge in [-0.3, -0.25) is 4.79 Å². The molecule has 0 unspecified atom stereocenters. The van der Waals surface area contributed by atoms with Gasteiger partial charge in [0.25, 0.3) is 0 Å². The van der Waals surface area contributed by atoms with Gasteiger partial charge < -0.3 is 9.30 Å². The van der Waals surface area contributed by atoms with Crippen molar-refractivity contribution in [3.05, 3.63) is 57.6 Å². The number of benzene rings is 1. The van der Waals surface area contributed by atoms with Crippen LogP contribution in [-0.2, 0) is 4.74 Å². The lowest BCUT2D eigenvalue weighted by Crippen LogP contribution is -2.16. The van der Waals surface area contributed by atoms with E-state index in [9.17, 15) is 14.0 Å². The number of rotatable bonds is 5. The molecule has 0 aliphatic heterocycles. The fourth-order valence-corrected chi connectivity index (χ4v) is 3.07. The third kappa shape index (κ3) is 3.22. The van der Waals surface area contributed by atoms with Gasteiger partial charge in [0.2, 0.25) is 5.78 Å². The van der Waals surface area contributed by atoms with Gasteiger partial charge in [0.05, 0.1) is 5.56 Å².